The fourth-order valence-corrected chi connectivity index (χ4v) is 2.26. The molecule has 2 rings (SSSR count). The van der Waals surface area contributed by atoms with Crippen LogP contribution in [0.5, 0.6) is 0 Å². The number of aromatic nitrogens is 1. The van der Waals surface area contributed by atoms with Crippen molar-refractivity contribution in [2.24, 2.45) is 0 Å². The van der Waals surface area contributed by atoms with Crippen molar-refractivity contribution in [1.29, 1.82) is 0 Å². The fourth-order valence-electron chi connectivity index (χ4n) is 2.26. The van der Waals surface area contributed by atoms with E-state index in [1.807, 2.05) is 30.3 Å². The number of nitrogens with zero attached hydrogens (tertiary/aromatic N) is 3. The van der Waals surface area contributed by atoms with E-state index in [-0.39, 0.29) is 24.8 Å². The molecule has 0 saturated heterocycles. The first-order valence-corrected chi connectivity index (χ1v) is 7.46. The minimum atomic E-state index is -0.170. The van der Waals surface area contributed by atoms with Gasteiger partial charge in [0.1, 0.15) is 5.76 Å². The Balaban J connectivity index is 1.92. The molecule has 0 atom stereocenters. The molecule has 122 valence electrons. The van der Waals surface area contributed by atoms with Gasteiger partial charge in [0.25, 0.3) is 0 Å². The number of hydrogen-bond donors (Lipinski definition) is 0. The van der Waals surface area contributed by atoms with E-state index >= 15 is 0 Å². The summed E-state index contributed by atoms with van der Waals surface area (Å²) >= 11 is 0. The molecule has 0 bridgehead atoms. The SMILES string of the molecule is CC(=O)N(CCC(=O)N(C)Cc1ccccc1)c1cc(C)on1. The normalized spacial score (nSPS) is 10.4. The van der Waals surface area contributed by atoms with Gasteiger partial charge in [-0.15, -0.1) is 0 Å². The highest BCUT2D eigenvalue weighted by Crippen LogP contribution is 2.15. The van der Waals surface area contributed by atoms with Gasteiger partial charge >= 0.3 is 0 Å². The van der Waals surface area contributed by atoms with Crippen molar-refractivity contribution in [2.45, 2.75) is 26.8 Å². The van der Waals surface area contributed by atoms with Gasteiger partial charge in [0, 0.05) is 39.5 Å². The van der Waals surface area contributed by atoms with Gasteiger partial charge in [0.2, 0.25) is 11.8 Å². The van der Waals surface area contributed by atoms with Crippen LogP contribution in [-0.2, 0) is 16.1 Å². The molecule has 23 heavy (non-hydrogen) atoms. The number of carbonyl (C=O) groups excluding carboxylic acids is 2. The number of aryl methyl sites for hydroxylation is 1. The molecule has 2 amide bonds. The van der Waals surface area contributed by atoms with E-state index in [1.54, 1.807) is 24.9 Å². The summed E-state index contributed by atoms with van der Waals surface area (Å²) in [5.74, 6) is 0.865. The van der Waals surface area contributed by atoms with Crippen molar-refractivity contribution in [2.75, 3.05) is 18.5 Å². The second kappa shape index (κ2) is 7.58. The second-order valence-corrected chi connectivity index (χ2v) is 5.45. The summed E-state index contributed by atoms with van der Waals surface area (Å²) in [6.07, 6.45) is 0.231. The highest BCUT2D eigenvalue weighted by atomic mass is 16.5. The zero-order valence-electron chi connectivity index (χ0n) is 13.7. The fraction of sp³-hybridized carbons (Fsp3) is 0.353. The van der Waals surface area contributed by atoms with Crippen molar-refractivity contribution < 1.29 is 14.1 Å². The summed E-state index contributed by atoms with van der Waals surface area (Å²) in [5, 5.41) is 3.83. The molecule has 1 heterocycles. The number of rotatable bonds is 6. The van der Waals surface area contributed by atoms with Crippen LogP contribution in [0.1, 0.15) is 24.7 Å². The zero-order chi connectivity index (χ0) is 16.8. The topological polar surface area (TPSA) is 66.7 Å². The first-order chi connectivity index (χ1) is 11.0. The van der Waals surface area contributed by atoms with Crippen LogP contribution < -0.4 is 4.90 Å². The first kappa shape index (κ1) is 16.7. The Bertz CT molecular complexity index is 667. The zero-order valence-corrected chi connectivity index (χ0v) is 13.7. The molecule has 2 aromatic rings. The predicted molar refractivity (Wildman–Crippen MR) is 86.8 cm³/mol. The molecule has 0 fully saturated rings. The highest BCUT2D eigenvalue weighted by molar-refractivity contribution is 5.91. The summed E-state index contributed by atoms with van der Waals surface area (Å²) in [6.45, 7) is 4.03. The van der Waals surface area contributed by atoms with E-state index < -0.39 is 0 Å². The number of anilines is 1. The molecular formula is C17H21N3O3. The van der Waals surface area contributed by atoms with Gasteiger partial charge in [-0.3, -0.25) is 14.5 Å². The third-order valence-electron chi connectivity index (χ3n) is 3.51. The lowest BCUT2D eigenvalue weighted by Gasteiger charge is -2.21. The van der Waals surface area contributed by atoms with Crippen LogP contribution in [0, 0.1) is 6.92 Å². The Morgan fingerprint density at radius 1 is 1.22 bits per heavy atom. The van der Waals surface area contributed by atoms with Crippen LogP contribution in [0.3, 0.4) is 0 Å². The molecule has 0 aliphatic rings. The minimum Gasteiger partial charge on any atom is -0.360 e. The molecule has 0 N–H and O–H groups in total. The van der Waals surface area contributed by atoms with Crippen molar-refractivity contribution in [3.8, 4) is 0 Å². The van der Waals surface area contributed by atoms with Gasteiger partial charge in [-0.2, -0.15) is 0 Å². The van der Waals surface area contributed by atoms with Crippen molar-refractivity contribution in [1.82, 2.24) is 10.1 Å². The van der Waals surface area contributed by atoms with Gasteiger partial charge in [-0.25, -0.2) is 0 Å². The number of hydrogen-bond acceptors (Lipinski definition) is 4. The molecular weight excluding hydrogens is 294 g/mol. The van der Waals surface area contributed by atoms with Crippen molar-refractivity contribution in [3.63, 3.8) is 0 Å². The number of amides is 2. The lowest BCUT2D eigenvalue weighted by atomic mass is 10.2. The quantitative estimate of drug-likeness (QED) is 0.821. The van der Waals surface area contributed by atoms with E-state index in [9.17, 15) is 9.59 Å². The van der Waals surface area contributed by atoms with Gasteiger partial charge in [-0.05, 0) is 12.5 Å². The molecule has 6 nitrogen and oxygen atoms in total. The highest BCUT2D eigenvalue weighted by Gasteiger charge is 2.18. The molecule has 6 heteroatoms. The second-order valence-electron chi connectivity index (χ2n) is 5.45. The summed E-state index contributed by atoms with van der Waals surface area (Å²) in [5.41, 5.74) is 1.07. The van der Waals surface area contributed by atoms with Crippen LogP contribution in [0.15, 0.2) is 40.9 Å². The summed E-state index contributed by atoms with van der Waals surface area (Å²) < 4.78 is 4.99. The monoisotopic (exact) mass is 315 g/mol. The van der Waals surface area contributed by atoms with Crippen LogP contribution in [0.25, 0.3) is 0 Å². The molecule has 1 aromatic carbocycles. The van der Waals surface area contributed by atoms with E-state index in [1.165, 1.54) is 11.8 Å². The minimum absolute atomic E-state index is 0.0275. The average molecular weight is 315 g/mol. The maximum Gasteiger partial charge on any atom is 0.225 e. The Labute approximate surface area is 135 Å². The lowest BCUT2D eigenvalue weighted by Crippen LogP contribution is -2.34. The van der Waals surface area contributed by atoms with Gasteiger partial charge in [-0.1, -0.05) is 35.5 Å². The molecule has 0 spiro atoms. The smallest absolute Gasteiger partial charge is 0.225 e. The third kappa shape index (κ3) is 4.67. The summed E-state index contributed by atoms with van der Waals surface area (Å²) in [4.78, 5) is 27.1. The lowest BCUT2D eigenvalue weighted by molar-refractivity contribution is -0.130. The molecule has 0 aliphatic heterocycles. The predicted octanol–water partition coefficient (Wildman–Crippen LogP) is 2.38. The van der Waals surface area contributed by atoms with Crippen LogP contribution in [0.4, 0.5) is 5.82 Å². The first-order valence-electron chi connectivity index (χ1n) is 7.46. The van der Waals surface area contributed by atoms with Gasteiger partial charge in [0.15, 0.2) is 5.82 Å². The van der Waals surface area contributed by atoms with Gasteiger partial charge in [0.05, 0.1) is 0 Å². The van der Waals surface area contributed by atoms with E-state index in [4.69, 9.17) is 4.52 Å². The largest absolute Gasteiger partial charge is 0.360 e. The van der Waals surface area contributed by atoms with Crippen molar-refractivity contribution in [3.05, 3.63) is 47.7 Å². The Morgan fingerprint density at radius 3 is 2.48 bits per heavy atom. The Kier molecular flexibility index (Phi) is 5.51. The maximum atomic E-state index is 12.3. The van der Waals surface area contributed by atoms with E-state index in [2.05, 4.69) is 5.16 Å². The van der Waals surface area contributed by atoms with Crippen molar-refractivity contribution >= 4 is 17.6 Å². The molecule has 0 saturated carbocycles. The number of carbonyl (C=O) groups is 2. The molecule has 0 radical (unpaired) electrons. The van der Waals surface area contributed by atoms with Crippen LogP contribution in [-0.4, -0.2) is 35.5 Å². The van der Waals surface area contributed by atoms with E-state index in [0.717, 1.165) is 5.56 Å². The van der Waals surface area contributed by atoms with Crippen LogP contribution >= 0.6 is 0 Å². The Hall–Kier alpha value is -2.63. The maximum absolute atomic E-state index is 12.3. The van der Waals surface area contributed by atoms with E-state index in [0.29, 0.717) is 18.1 Å². The molecule has 0 aliphatic carbocycles. The number of benzene rings is 1. The molecule has 0 unspecified atom stereocenters. The summed E-state index contributed by atoms with van der Waals surface area (Å²) in [7, 11) is 1.76. The van der Waals surface area contributed by atoms with Gasteiger partial charge < -0.3 is 9.42 Å². The Morgan fingerprint density at radius 2 is 1.91 bits per heavy atom. The summed E-state index contributed by atoms with van der Waals surface area (Å²) in [6, 6.07) is 11.5. The third-order valence-corrected chi connectivity index (χ3v) is 3.51. The standard InChI is InChI=1S/C17H21N3O3/c1-13-11-16(18-23-13)20(14(2)21)10-9-17(22)19(3)12-15-7-5-4-6-8-15/h4-8,11H,9-10,12H2,1-3H3. The van der Waals surface area contributed by atoms with Crippen LogP contribution in [0.2, 0.25) is 0 Å². The average Bonchev–Trinajstić information content (AvgIpc) is 2.94. The molecule has 1 aromatic heterocycles.